The first-order valence-corrected chi connectivity index (χ1v) is 9.31. The van der Waals surface area contributed by atoms with Gasteiger partial charge in [-0.25, -0.2) is 23.1 Å². The molecule has 1 fully saturated rings. The molecule has 0 amide bonds. The molecule has 0 radical (unpaired) electrons. The van der Waals surface area contributed by atoms with E-state index in [1.165, 1.54) is 19.2 Å². The van der Waals surface area contributed by atoms with E-state index in [2.05, 4.69) is 15.3 Å². The van der Waals surface area contributed by atoms with Gasteiger partial charge in [-0.2, -0.15) is 13.2 Å². The quantitative estimate of drug-likeness (QED) is 0.586. The minimum Gasteiger partial charge on any atom is -0.365 e. The van der Waals surface area contributed by atoms with Crippen LogP contribution in [0.25, 0.3) is 10.9 Å². The van der Waals surface area contributed by atoms with Crippen molar-refractivity contribution in [3.05, 3.63) is 63.6 Å². The average Bonchev–Trinajstić information content (AvgIpc) is 3.47. The molecule has 0 atom stereocenters. The Bertz CT molecular complexity index is 1220. The van der Waals surface area contributed by atoms with Crippen molar-refractivity contribution in [2.45, 2.75) is 44.5 Å². The highest BCUT2D eigenvalue weighted by atomic mass is 19.4. The maximum absolute atomic E-state index is 14.3. The fourth-order valence-electron chi connectivity index (χ4n) is 3.51. The van der Waals surface area contributed by atoms with Crippen LogP contribution in [0.5, 0.6) is 0 Å². The summed E-state index contributed by atoms with van der Waals surface area (Å²) in [6.07, 6.45) is -6.09. The van der Waals surface area contributed by atoms with Crippen molar-refractivity contribution < 1.29 is 26.3 Å². The summed E-state index contributed by atoms with van der Waals surface area (Å²) in [6.45, 7) is 1.18. The predicted molar refractivity (Wildman–Crippen MR) is 100 cm³/mol. The first-order valence-electron chi connectivity index (χ1n) is 9.31. The molecule has 3 aromatic rings. The third-order valence-electron chi connectivity index (χ3n) is 5.32. The molecule has 5 nitrogen and oxygen atoms in total. The van der Waals surface area contributed by atoms with Crippen molar-refractivity contribution in [3.63, 3.8) is 0 Å². The number of benzene rings is 1. The molecule has 1 aromatic carbocycles. The van der Waals surface area contributed by atoms with Gasteiger partial charge >= 0.3 is 6.18 Å². The number of aromatic nitrogens is 3. The van der Waals surface area contributed by atoms with Crippen LogP contribution in [-0.2, 0) is 18.3 Å². The fraction of sp³-hybridized carbons (Fsp3) is 0.350. The number of rotatable bonds is 5. The molecule has 4 rings (SSSR count). The Hall–Kier alpha value is -3.11. The zero-order chi connectivity index (χ0) is 22.6. The van der Waals surface area contributed by atoms with Crippen molar-refractivity contribution in [2.75, 3.05) is 5.32 Å². The number of aryl methyl sites for hydroxylation is 1. The highest BCUT2D eigenvalue weighted by Gasteiger charge is 2.53. The zero-order valence-corrected chi connectivity index (χ0v) is 16.1. The van der Waals surface area contributed by atoms with Gasteiger partial charge in [0.2, 0.25) is 0 Å². The summed E-state index contributed by atoms with van der Waals surface area (Å²) in [5, 5.41) is 2.98. The summed E-state index contributed by atoms with van der Waals surface area (Å²) in [4.78, 5) is 20.7. The van der Waals surface area contributed by atoms with E-state index in [0.29, 0.717) is 6.07 Å². The summed E-state index contributed by atoms with van der Waals surface area (Å²) < 4.78 is 81.1. The predicted octanol–water partition coefficient (Wildman–Crippen LogP) is 4.62. The summed E-state index contributed by atoms with van der Waals surface area (Å²) in [5.41, 5.74) is -3.68. The Labute approximate surface area is 171 Å². The number of hydrogen-bond donors (Lipinski definition) is 1. The van der Waals surface area contributed by atoms with Crippen LogP contribution in [0.1, 0.15) is 29.8 Å². The van der Waals surface area contributed by atoms with E-state index < -0.39 is 35.1 Å². The highest BCUT2D eigenvalue weighted by Crippen LogP contribution is 2.48. The second kappa shape index (κ2) is 7.24. The van der Waals surface area contributed by atoms with Gasteiger partial charge in [0.1, 0.15) is 23.0 Å². The van der Waals surface area contributed by atoms with Gasteiger partial charge in [-0.05, 0) is 25.8 Å². The van der Waals surface area contributed by atoms with Crippen molar-refractivity contribution in [2.24, 2.45) is 0 Å². The molecule has 2 aromatic heterocycles. The number of hydrogen-bond acceptors (Lipinski definition) is 4. The Morgan fingerprint density at radius 3 is 2.55 bits per heavy atom. The minimum absolute atomic E-state index is 0.0955. The van der Waals surface area contributed by atoms with Crippen LogP contribution in [0, 0.1) is 12.7 Å². The van der Waals surface area contributed by atoms with Crippen LogP contribution in [0.15, 0.2) is 35.3 Å². The molecule has 11 heteroatoms. The Balaban J connectivity index is 1.74. The van der Waals surface area contributed by atoms with Crippen molar-refractivity contribution in [1.82, 2.24) is 14.5 Å². The summed E-state index contributed by atoms with van der Waals surface area (Å²) in [7, 11) is 0. The molecule has 1 saturated carbocycles. The van der Waals surface area contributed by atoms with E-state index in [1.807, 2.05) is 0 Å². The van der Waals surface area contributed by atoms with E-state index in [0.717, 1.165) is 16.7 Å². The van der Waals surface area contributed by atoms with Crippen LogP contribution >= 0.6 is 0 Å². The van der Waals surface area contributed by atoms with E-state index in [4.69, 9.17) is 0 Å². The van der Waals surface area contributed by atoms with Crippen molar-refractivity contribution in [3.8, 4) is 0 Å². The Kier molecular flexibility index (Phi) is 4.94. The van der Waals surface area contributed by atoms with Gasteiger partial charge in [-0.15, -0.1) is 0 Å². The van der Waals surface area contributed by atoms with Gasteiger partial charge in [-0.1, -0.05) is 12.1 Å². The first kappa shape index (κ1) is 21.1. The molecular formula is C20H16F6N4O. The molecule has 1 N–H and O–H groups in total. The zero-order valence-electron chi connectivity index (χ0n) is 16.1. The lowest BCUT2D eigenvalue weighted by Crippen LogP contribution is -2.35. The van der Waals surface area contributed by atoms with E-state index >= 15 is 0 Å². The maximum atomic E-state index is 14.3. The normalized spacial score (nSPS) is 15.5. The molecule has 0 aliphatic heterocycles. The molecule has 1 aliphatic rings. The van der Waals surface area contributed by atoms with Crippen molar-refractivity contribution in [1.29, 1.82) is 0 Å². The third kappa shape index (κ3) is 3.72. The van der Waals surface area contributed by atoms with Gasteiger partial charge < -0.3 is 9.88 Å². The molecule has 31 heavy (non-hydrogen) atoms. The lowest BCUT2D eigenvalue weighted by atomic mass is 10.1. The molecule has 0 unspecified atom stereocenters. The number of nitrogens with zero attached hydrogens (tertiary/aromatic N) is 3. The van der Waals surface area contributed by atoms with E-state index in [1.54, 1.807) is 0 Å². The lowest BCUT2D eigenvalue weighted by Gasteiger charge is -2.19. The van der Waals surface area contributed by atoms with Crippen LogP contribution in [0.4, 0.5) is 32.2 Å². The molecule has 164 valence electrons. The fourth-order valence-corrected chi connectivity index (χ4v) is 3.51. The molecule has 0 bridgehead atoms. The molecular weight excluding hydrogens is 426 g/mol. The number of fused-ring (bicyclic) bond motifs is 1. The molecule has 0 spiro atoms. The second-order valence-corrected chi connectivity index (χ2v) is 7.43. The number of halogens is 6. The van der Waals surface area contributed by atoms with Gasteiger partial charge in [-0.3, -0.25) is 4.79 Å². The van der Waals surface area contributed by atoms with Gasteiger partial charge in [0.25, 0.3) is 12.0 Å². The summed E-state index contributed by atoms with van der Waals surface area (Å²) in [5.74, 6) is -1.08. The standard InChI is InChI=1S/C20H16F6N4O/c1-10-28-14-7-15(31)30(19(5-6-19)18(22)23)9-12(14)17(29-10)27-8-11-3-2-4-13(16(11)21)20(24,25)26/h2-4,7,9,18H,5-6,8H2,1H3,(H,27,28,29). The van der Waals surface area contributed by atoms with Crippen molar-refractivity contribution >= 4 is 16.7 Å². The molecule has 0 saturated heterocycles. The number of alkyl halides is 5. The van der Waals surface area contributed by atoms with Gasteiger partial charge in [0, 0.05) is 24.4 Å². The highest BCUT2D eigenvalue weighted by molar-refractivity contribution is 5.88. The third-order valence-corrected chi connectivity index (χ3v) is 5.32. The Morgan fingerprint density at radius 1 is 1.23 bits per heavy atom. The van der Waals surface area contributed by atoms with Crippen LogP contribution in [0.3, 0.4) is 0 Å². The summed E-state index contributed by atoms with van der Waals surface area (Å²) >= 11 is 0. The topological polar surface area (TPSA) is 59.8 Å². The van der Waals surface area contributed by atoms with E-state index in [-0.39, 0.29) is 47.5 Å². The largest absolute Gasteiger partial charge is 0.419 e. The molecule has 2 heterocycles. The lowest BCUT2D eigenvalue weighted by molar-refractivity contribution is -0.140. The Morgan fingerprint density at radius 2 is 1.94 bits per heavy atom. The number of nitrogens with one attached hydrogen (secondary N) is 1. The van der Waals surface area contributed by atoms with Crippen LogP contribution in [-0.4, -0.2) is 21.0 Å². The monoisotopic (exact) mass is 442 g/mol. The van der Waals surface area contributed by atoms with Gasteiger partial charge in [0.15, 0.2) is 0 Å². The average molecular weight is 442 g/mol. The number of anilines is 1. The van der Waals surface area contributed by atoms with E-state index in [9.17, 15) is 31.1 Å². The van der Waals surface area contributed by atoms with Crippen LogP contribution < -0.4 is 10.9 Å². The molecule has 1 aliphatic carbocycles. The van der Waals surface area contributed by atoms with Gasteiger partial charge in [0.05, 0.1) is 16.5 Å². The minimum atomic E-state index is -4.85. The smallest absolute Gasteiger partial charge is 0.365 e. The first-order chi connectivity index (χ1) is 14.5. The second-order valence-electron chi connectivity index (χ2n) is 7.43. The summed E-state index contributed by atoms with van der Waals surface area (Å²) in [6, 6.07) is 4.03. The van der Waals surface area contributed by atoms with Crippen LogP contribution in [0.2, 0.25) is 0 Å². The SMILES string of the molecule is Cc1nc(NCc2cccc(C(F)(F)F)c2F)c2cn(C3(C(F)F)CC3)c(=O)cc2n1. The maximum Gasteiger partial charge on any atom is 0.419 e. The number of pyridine rings is 1.